The fourth-order valence-electron chi connectivity index (χ4n) is 0.917. The zero-order chi connectivity index (χ0) is 6.97. The Bertz CT molecular complexity index is 355. The third kappa shape index (κ3) is 0.762. The van der Waals surface area contributed by atoms with Crippen molar-refractivity contribution in [1.29, 1.82) is 0 Å². The number of rotatable bonds is 0. The van der Waals surface area contributed by atoms with Gasteiger partial charge >= 0.3 is 67.6 Å². The summed E-state index contributed by atoms with van der Waals surface area (Å²) in [7, 11) is 0. The van der Waals surface area contributed by atoms with Crippen molar-refractivity contribution in [3.8, 4) is 0 Å². The van der Waals surface area contributed by atoms with Crippen LogP contribution in [0.25, 0.3) is 11.0 Å². The number of hydrogen-bond donors (Lipinski definition) is 0. The van der Waals surface area contributed by atoms with E-state index in [1.807, 2.05) is 27.7 Å². The van der Waals surface area contributed by atoms with Crippen LogP contribution in [0.2, 0.25) is 0 Å². The third-order valence-electron chi connectivity index (χ3n) is 1.42. The quantitative estimate of drug-likeness (QED) is 0.564. The van der Waals surface area contributed by atoms with Gasteiger partial charge in [-0.2, -0.15) is 0 Å². The van der Waals surface area contributed by atoms with E-state index >= 15 is 0 Å². The first kappa shape index (κ1) is 5.99. The van der Waals surface area contributed by atoms with Gasteiger partial charge in [0.15, 0.2) is 0 Å². The topological polar surface area (TPSA) is 30.7 Å². The number of fused-ring (bicyclic) bond motifs is 1. The van der Waals surface area contributed by atoms with Crippen LogP contribution in [0.15, 0.2) is 24.3 Å². The molecule has 0 N–H and O–H groups in total. The Morgan fingerprint density at radius 3 is 2.90 bits per heavy atom. The van der Waals surface area contributed by atoms with Crippen molar-refractivity contribution in [3.63, 3.8) is 0 Å². The van der Waals surface area contributed by atoms with E-state index in [1.54, 1.807) is 0 Å². The first-order valence-corrected chi connectivity index (χ1v) is 4.32. The molecule has 1 aromatic heterocycles. The van der Waals surface area contributed by atoms with Gasteiger partial charge in [0.25, 0.3) is 0 Å². The number of para-hydroxylation sites is 1. The van der Waals surface area contributed by atoms with Crippen LogP contribution in [-0.2, 0) is 18.5 Å². The van der Waals surface area contributed by atoms with Crippen molar-refractivity contribution in [2.45, 2.75) is 0 Å². The molecular formula is C6H4N3Zn. The van der Waals surface area contributed by atoms with E-state index < -0.39 is 0 Å². The Balaban J connectivity index is 2.93. The Kier molecular flexibility index (Phi) is 1.28. The third-order valence-corrected chi connectivity index (χ3v) is 2.40. The molecule has 0 amide bonds. The molecule has 0 aliphatic heterocycles. The van der Waals surface area contributed by atoms with Gasteiger partial charge in [-0.05, 0) is 0 Å². The first-order chi connectivity index (χ1) is 4.88. The van der Waals surface area contributed by atoms with E-state index in [0.29, 0.717) is 0 Å². The number of hydrogen-bond acceptors (Lipinski definition) is 2. The molecular weight excluding hydrogens is 179 g/mol. The minimum absolute atomic E-state index is 0.980. The van der Waals surface area contributed by atoms with Gasteiger partial charge in [-0.15, -0.1) is 0 Å². The van der Waals surface area contributed by atoms with E-state index in [2.05, 4.69) is 10.3 Å². The molecule has 10 heavy (non-hydrogen) atoms. The van der Waals surface area contributed by atoms with Gasteiger partial charge in [0.2, 0.25) is 0 Å². The molecule has 0 aliphatic rings. The monoisotopic (exact) mass is 182 g/mol. The number of nitrogens with zero attached hydrogens (tertiary/aromatic N) is 3. The van der Waals surface area contributed by atoms with Crippen LogP contribution < -0.4 is 0 Å². The predicted molar refractivity (Wildman–Crippen MR) is 32.9 cm³/mol. The van der Waals surface area contributed by atoms with E-state index in [0.717, 1.165) is 29.6 Å². The minimum atomic E-state index is 0.980. The predicted octanol–water partition coefficient (Wildman–Crippen LogP) is 0.741. The second-order valence-electron chi connectivity index (χ2n) is 2.08. The zero-order valence-corrected chi connectivity index (χ0v) is 8.33. The Hall–Kier alpha value is -0.757. The fourth-order valence-corrected chi connectivity index (χ4v) is 1.61. The molecule has 0 fully saturated rings. The normalized spacial score (nSPS) is 10.6. The van der Waals surface area contributed by atoms with Crippen molar-refractivity contribution >= 4 is 11.0 Å². The Morgan fingerprint density at radius 2 is 2.10 bits per heavy atom. The summed E-state index contributed by atoms with van der Waals surface area (Å²) in [5.74, 6) is 0. The van der Waals surface area contributed by atoms with Gasteiger partial charge in [0, 0.05) is 0 Å². The van der Waals surface area contributed by atoms with Gasteiger partial charge in [0.05, 0.1) is 0 Å². The van der Waals surface area contributed by atoms with Gasteiger partial charge in [0.1, 0.15) is 0 Å². The summed E-state index contributed by atoms with van der Waals surface area (Å²) in [5, 5.41) is 7.88. The Labute approximate surface area is 68.0 Å². The summed E-state index contributed by atoms with van der Waals surface area (Å²) >= 11 is 1.00. The second kappa shape index (κ2) is 2.13. The summed E-state index contributed by atoms with van der Waals surface area (Å²) in [6.07, 6.45) is 0. The molecule has 0 saturated heterocycles. The van der Waals surface area contributed by atoms with E-state index in [4.69, 9.17) is 0 Å². The molecule has 0 aliphatic carbocycles. The molecule has 1 heterocycles. The summed E-state index contributed by atoms with van der Waals surface area (Å²) in [4.78, 5) is 0. The van der Waals surface area contributed by atoms with Crippen LogP contribution in [-0.4, -0.2) is 13.7 Å². The van der Waals surface area contributed by atoms with E-state index in [9.17, 15) is 0 Å². The summed E-state index contributed by atoms with van der Waals surface area (Å²) in [6, 6.07) is 7.96. The molecule has 1 aromatic carbocycles. The molecule has 0 atom stereocenters. The first-order valence-electron chi connectivity index (χ1n) is 2.99. The molecule has 2 rings (SSSR count). The van der Waals surface area contributed by atoms with Crippen molar-refractivity contribution in [2.75, 3.05) is 0 Å². The molecule has 2 aromatic rings. The standard InChI is InChI=1S/C6H4N3.Zn/c1-2-4-6-5(3-1)7-9-8-6;/h1-4H;/q-1;+1. The van der Waals surface area contributed by atoms with Gasteiger partial charge in [-0.1, -0.05) is 0 Å². The fraction of sp³-hybridized carbons (Fsp3) is 0. The Morgan fingerprint density at radius 1 is 1.30 bits per heavy atom. The molecule has 45 valence electrons. The summed E-state index contributed by atoms with van der Waals surface area (Å²) in [5.41, 5.74) is 2.11. The molecule has 0 radical (unpaired) electrons. The van der Waals surface area contributed by atoms with Crippen LogP contribution in [0.3, 0.4) is 0 Å². The van der Waals surface area contributed by atoms with Crippen LogP contribution in [0, 0.1) is 0 Å². The molecule has 0 unspecified atom stereocenters. The zero-order valence-electron chi connectivity index (χ0n) is 5.36. The van der Waals surface area contributed by atoms with E-state index in [1.165, 1.54) is 0 Å². The molecule has 0 saturated carbocycles. The summed E-state index contributed by atoms with van der Waals surface area (Å²) in [6.45, 7) is 0. The van der Waals surface area contributed by atoms with Crippen molar-refractivity contribution in [2.24, 2.45) is 0 Å². The molecule has 0 bridgehead atoms. The summed E-state index contributed by atoms with van der Waals surface area (Å²) < 4.78 is 1.88. The van der Waals surface area contributed by atoms with Crippen LogP contribution in [0.1, 0.15) is 0 Å². The molecule has 0 spiro atoms. The maximum atomic E-state index is 3.96. The number of aromatic nitrogens is 3. The van der Waals surface area contributed by atoms with Crippen LogP contribution >= 0.6 is 0 Å². The SMILES string of the molecule is [Zn][n]1nnc2ccccc21. The van der Waals surface area contributed by atoms with Crippen LogP contribution in [0.4, 0.5) is 0 Å². The average molecular weight is 184 g/mol. The van der Waals surface area contributed by atoms with Crippen molar-refractivity contribution in [1.82, 2.24) is 13.7 Å². The second-order valence-corrected chi connectivity index (χ2v) is 3.33. The molecule has 3 nitrogen and oxygen atoms in total. The molecule has 4 heteroatoms. The van der Waals surface area contributed by atoms with Gasteiger partial charge in [-0.25, -0.2) is 0 Å². The maximum absolute atomic E-state index is 3.96. The van der Waals surface area contributed by atoms with Gasteiger partial charge in [-0.3, -0.25) is 0 Å². The van der Waals surface area contributed by atoms with Crippen LogP contribution in [0.5, 0.6) is 0 Å². The van der Waals surface area contributed by atoms with Crippen molar-refractivity contribution in [3.05, 3.63) is 24.3 Å². The van der Waals surface area contributed by atoms with Gasteiger partial charge < -0.3 is 0 Å². The number of benzene rings is 1. The van der Waals surface area contributed by atoms with E-state index in [-0.39, 0.29) is 0 Å². The van der Waals surface area contributed by atoms with Crippen molar-refractivity contribution < 1.29 is 18.5 Å². The average Bonchev–Trinajstić information content (AvgIpc) is 2.34.